The van der Waals surface area contributed by atoms with Gasteiger partial charge in [0.15, 0.2) is 6.04 Å². The van der Waals surface area contributed by atoms with Gasteiger partial charge in [0, 0.05) is 10.6 Å². The maximum atomic E-state index is 12.8. The van der Waals surface area contributed by atoms with Crippen molar-refractivity contribution in [1.29, 1.82) is 0 Å². The molecule has 1 aromatic rings. The standard InChI is InChI=1S/C20H23N3O5S.Na/c1-11(10-12-8-6-5-7-9-12)13(22-28-4)16(24)21-14-17(25)23-15(19(26)27)20(2,3)29-18(14)23;/h5-10,14-15,18H,1-4H3,(H,21,24)(H,26,27);/q;+1/p-1/b11-10+,22-13-;/t14-,15+,18-;/m1./s1. The van der Waals surface area contributed by atoms with Crippen LogP contribution in [0.15, 0.2) is 46.1 Å². The number of oxime groups is 1. The minimum absolute atomic E-state index is 0. The summed E-state index contributed by atoms with van der Waals surface area (Å²) in [6.07, 6.45) is 1.77. The van der Waals surface area contributed by atoms with E-state index in [0.717, 1.165) is 5.56 Å². The fourth-order valence-electron chi connectivity index (χ4n) is 3.54. The molecule has 30 heavy (non-hydrogen) atoms. The molecule has 0 radical (unpaired) electrons. The number of carbonyl (C=O) groups is 2. The average Bonchev–Trinajstić information content (AvgIpc) is 2.92. The number of carboxylic acid groups (broad SMARTS) is 1. The van der Waals surface area contributed by atoms with Gasteiger partial charge in [-0.2, -0.15) is 0 Å². The third-order valence-corrected chi connectivity index (χ3v) is 6.40. The predicted octanol–water partition coefficient (Wildman–Crippen LogP) is -1.63. The zero-order valence-electron chi connectivity index (χ0n) is 17.5. The van der Waals surface area contributed by atoms with E-state index in [4.69, 9.17) is 4.84 Å². The Labute approximate surface area is 201 Å². The van der Waals surface area contributed by atoms with Crippen LogP contribution in [0, 0.1) is 0 Å². The second-order valence-corrected chi connectivity index (χ2v) is 9.11. The Bertz CT molecular complexity index is 916. The van der Waals surface area contributed by atoms with Crippen LogP contribution in [0.1, 0.15) is 26.3 Å². The Morgan fingerprint density at radius 2 is 1.97 bits per heavy atom. The number of aliphatic imine (C=N–C) groups is 1. The monoisotopic (exact) mass is 439 g/mol. The number of fused-ring (bicyclic) bond motifs is 1. The molecule has 1 N–H and O–H groups in total. The van der Waals surface area contributed by atoms with Gasteiger partial charge in [0.2, 0.25) is 0 Å². The quantitative estimate of drug-likeness (QED) is 0.187. The number of benzene rings is 1. The first-order valence-corrected chi connectivity index (χ1v) is 9.88. The number of aliphatic carboxylic acids is 1. The van der Waals surface area contributed by atoms with Gasteiger partial charge in [0.05, 0.1) is 0 Å². The first-order valence-electron chi connectivity index (χ1n) is 9.00. The summed E-state index contributed by atoms with van der Waals surface area (Å²) in [5, 5.41) is 25.6. The second-order valence-electron chi connectivity index (χ2n) is 7.34. The number of rotatable bonds is 6. The summed E-state index contributed by atoms with van der Waals surface area (Å²) in [5.74, 6) is -2.20. The molecular formula is C20H22N3NaO5S. The first-order chi connectivity index (χ1) is 13.7. The first kappa shape index (κ1) is 24.5. The molecule has 1 aromatic carbocycles. The molecule has 0 aromatic heterocycles. The molecule has 3 rings (SSSR count). The number of nitrogens with zero attached hydrogens (tertiary/aromatic N) is 3. The topological polar surface area (TPSA) is 115 Å². The van der Waals surface area contributed by atoms with E-state index in [1.165, 1.54) is 23.8 Å². The fourth-order valence-corrected chi connectivity index (χ4v) is 5.15. The number of carbonyl (C=O) groups excluding carboxylic acids is 1. The molecule has 0 unspecified atom stereocenters. The zero-order valence-corrected chi connectivity index (χ0v) is 20.3. The van der Waals surface area contributed by atoms with Gasteiger partial charge in [-0.15, -0.1) is 11.8 Å². The van der Waals surface area contributed by atoms with Crippen molar-refractivity contribution in [2.45, 2.75) is 43.0 Å². The zero-order chi connectivity index (χ0) is 21.3. The van der Waals surface area contributed by atoms with Gasteiger partial charge < -0.3 is 20.0 Å². The van der Waals surface area contributed by atoms with Crippen LogP contribution in [0.25, 0.3) is 6.08 Å². The molecule has 2 heterocycles. The van der Waals surface area contributed by atoms with Gasteiger partial charge in [-0.3, -0.25) is 9.79 Å². The van der Waals surface area contributed by atoms with Crippen LogP contribution < -0.4 is 34.7 Å². The van der Waals surface area contributed by atoms with Crippen molar-refractivity contribution in [2.75, 3.05) is 7.11 Å². The summed E-state index contributed by atoms with van der Waals surface area (Å²) in [6, 6.07) is 7.52. The summed E-state index contributed by atoms with van der Waals surface area (Å²) in [4.78, 5) is 34.3. The van der Waals surface area contributed by atoms with Crippen LogP contribution in [0.4, 0.5) is 0 Å². The number of amides is 1. The van der Waals surface area contributed by atoms with Crippen LogP contribution in [-0.2, 0) is 14.4 Å². The molecule has 2 aliphatic rings. The van der Waals surface area contributed by atoms with Crippen molar-refractivity contribution < 1.29 is 54.2 Å². The molecule has 2 aliphatic heterocycles. The molecule has 8 nitrogen and oxygen atoms in total. The van der Waals surface area contributed by atoms with Crippen molar-refractivity contribution in [1.82, 2.24) is 4.90 Å². The predicted molar refractivity (Wildman–Crippen MR) is 109 cm³/mol. The van der Waals surface area contributed by atoms with Crippen LogP contribution in [0.3, 0.4) is 0 Å². The van der Waals surface area contributed by atoms with Gasteiger partial charge in [-0.1, -0.05) is 35.5 Å². The Morgan fingerprint density at radius 1 is 1.33 bits per heavy atom. The van der Waals surface area contributed by atoms with Crippen LogP contribution in [0.2, 0.25) is 0 Å². The maximum absolute atomic E-state index is 12.8. The molecule has 0 aliphatic carbocycles. The van der Waals surface area contributed by atoms with Crippen molar-refractivity contribution in [3.63, 3.8) is 0 Å². The van der Waals surface area contributed by atoms with E-state index in [9.17, 15) is 19.8 Å². The molecule has 154 valence electrons. The van der Waals surface area contributed by atoms with Crippen molar-refractivity contribution in [3.05, 3.63) is 41.5 Å². The van der Waals surface area contributed by atoms with Crippen molar-refractivity contribution in [3.8, 4) is 0 Å². The fraction of sp³-hybridized carbons (Fsp3) is 0.400. The van der Waals surface area contributed by atoms with Gasteiger partial charge in [-0.25, -0.2) is 4.79 Å². The van der Waals surface area contributed by atoms with Crippen LogP contribution in [-0.4, -0.2) is 62.8 Å². The van der Waals surface area contributed by atoms with E-state index in [1.54, 1.807) is 26.8 Å². The molecular weight excluding hydrogens is 417 g/mol. The SMILES string of the molecule is CO/N=C(C([O-])=N[C@@H]1C(=O)N2[C@@H]1SC(C)(C)[C@@H]2C(=O)O)/C(C)=C/c1ccccc1.[Na+]. The average molecular weight is 439 g/mol. The summed E-state index contributed by atoms with van der Waals surface area (Å²) in [7, 11) is 1.33. The number of carboxylic acids is 1. The molecule has 0 saturated carbocycles. The molecule has 1 amide bonds. The van der Waals surface area contributed by atoms with Gasteiger partial charge in [0.25, 0.3) is 5.91 Å². The minimum Gasteiger partial charge on any atom is -0.857 e. The Hall–Kier alpha value is -1.81. The Balaban J connectivity index is 0.00000320. The van der Waals surface area contributed by atoms with E-state index in [-0.39, 0.29) is 35.3 Å². The number of β-lactam (4-membered cyclic amide) rings is 1. The van der Waals surface area contributed by atoms with E-state index in [1.807, 2.05) is 30.3 Å². The summed E-state index contributed by atoms with van der Waals surface area (Å²) in [5.41, 5.74) is 1.42. The van der Waals surface area contributed by atoms with E-state index in [0.29, 0.717) is 5.57 Å². The summed E-state index contributed by atoms with van der Waals surface area (Å²) < 4.78 is -0.675. The third-order valence-electron chi connectivity index (χ3n) is 4.84. The van der Waals surface area contributed by atoms with Gasteiger partial charge in [-0.05, 0) is 38.0 Å². The summed E-state index contributed by atoms with van der Waals surface area (Å²) in [6.45, 7) is 5.25. The Kier molecular flexibility index (Phi) is 7.79. The van der Waals surface area contributed by atoms with Crippen LogP contribution >= 0.6 is 11.8 Å². The Morgan fingerprint density at radius 3 is 2.53 bits per heavy atom. The number of hydrogen-bond donors (Lipinski definition) is 1. The maximum Gasteiger partial charge on any atom is 1.00 e. The second kappa shape index (κ2) is 9.55. The van der Waals surface area contributed by atoms with Crippen molar-refractivity contribution in [2.24, 2.45) is 10.1 Å². The van der Waals surface area contributed by atoms with E-state index < -0.39 is 40.0 Å². The molecule has 0 spiro atoms. The van der Waals surface area contributed by atoms with Gasteiger partial charge in [0.1, 0.15) is 24.2 Å². The molecule has 2 saturated heterocycles. The third kappa shape index (κ3) is 4.59. The molecule has 0 bridgehead atoms. The smallest absolute Gasteiger partial charge is 0.857 e. The molecule has 10 heteroatoms. The van der Waals surface area contributed by atoms with Crippen LogP contribution in [0.5, 0.6) is 0 Å². The molecule has 3 atom stereocenters. The largest absolute Gasteiger partial charge is 1.00 e. The van der Waals surface area contributed by atoms with Crippen molar-refractivity contribution >= 4 is 41.3 Å². The summed E-state index contributed by atoms with van der Waals surface area (Å²) >= 11 is 1.34. The minimum atomic E-state index is -1.06. The van der Waals surface area contributed by atoms with E-state index >= 15 is 0 Å². The van der Waals surface area contributed by atoms with Gasteiger partial charge >= 0.3 is 35.5 Å². The number of thioether (sulfide) groups is 1. The number of hydrogen-bond acceptors (Lipinski definition) is 7. The normalized spacial score (nSPS) is 25.9. The molecule has 2 fully saturated rings. The van der Waals surface area contributed by atoms with E-state index in [2.05, 4.69) is 10.1 Å².